The fourth-order valence-electron chi connectivity index (χ4n) is 3.79. The fourth-order valence-corrected chi connectivity index (χ4v) is 5.49. The van der Waals surface area contributed by atoms with Crippen LogP contribution in [0.1, 0.15) is 29.6 Å². The molecule has 29 heavy (non-hydrogen) atoms. The lowest BCUT2D eigenvalue weighted by molar-refractivity contribution is 0.0976. The largest absolute Gasteiger partial charge is 0.495 e. The van der Waals surface area contributed by atoms with Crippen molar-refractivity contribution >= 4 is 21.6 Å². The highest BCUT2D eigenvalue weighted by molar-refractivity contribution is 7.89. The number of amides is 1. The predicted molar refractivity (Wildman–Crippen MR) is 109 cm³/mol. The van der Waals surface area contributed by atoms with E-state index in [1.165, 1.54) is 17.5 Å². The van der Waals surface area contributed by atoms with E-state index in [0.29, 0.717) is 43.2 Å². The Morgan fingerprint density at radius 2 is 1.79 bits per heavy atom. The fraction of sp³-hybridized carbons (Fsp3) is 0.381. The molecular weight excluding hydrogens is 392 g/mol. The van der Waals surface area contributed by atoms with Gasteiger partial charge < -0.3 is 14.4 Å². The van der Waals surface area contributed by atoms with Gasteiger partial charge in [0.25, 0.3) is 5.91 Å². The van der Waals surface area contributed by atoms with Crippen molar-refractivity contribution in [2.45, 2.75) is 24.2 Å². The number of carbonyl (C=O) groups excluding carboxylic acids is 1. The number of methoxy groups -OCH3 is 1. The molecule has 0 radical (unpaired) electrons. The molecular formula is C21H24N2O5S. The Morgan fingerprint density at radius 1 is 1.03 bits per heavy atom. The minimum atomic E-state index is -3.74. The number of hydrogen-bond donors (Lipinski definition) is 0. The van der Waals surface area contributed by atoms with Gasteiger partial charge in [0, 0.05) is 18.7 Å². The van der Waals surface area contributed by atoms with Gasteiger partial charge in [-0.1, -0.05) is 18.6 Å². The molecule has 0 bridgehead atoms. The van der Waals surface area contributed by atoms with E-state index >= 15 is 0 Å². The number of anilines is 1. The summed E-state index contributed by atoms with van der Waals surface area (Å²) in [6.45, 7) is 1.76. The summed E-state index contributed by atoms with van der Waals surface area (Å²) in [4.78, 5) is 14.9. The molecule has 8 heteroatoms. The lowest BCUT2D eigenvalue weighted by Crippen LogP contribution is -2.38. The van der Waals surface area contributed by atoms with Gasteiger partial charge in [-0.3, -0.25) is 4.79 Å². The van der Waals surface area contributed by atoms with Crippen LogP contribution in [0.15, 0.2) is 47.4 Å². The second-order valence-electron chi connectivity index (χ2n) is 7.10. The summed E-state index contributed by atoms with van der Waals surface area (Å²) in [5.41, 5.74) is 0.984. The Bertz CT molecular complexity index is 1020. The van der Waals surface area contributed by atoms with Gasteiger partial charge in [0.05, 0.1) is 19.3 Å². The number of hydrogen-bond acceptors (Lipinski definition) is 5. The topological polar surface area (TPSA) is 76.1 Å². The number of ether oxygens (including phenoxy) is 2. The summed E-state index contributed by atoms with van der Waals surface area (Å²) in [6, 6.07) is 11.9. The lowest BCUT2D eigenvalue weighted by Gasteiger charge is -2.30. The summed E-state index contributed by atoms with van der Waals surface area (Å²) in [5, 5.41) is 0. The number of sulfonamides is 1. The highest BCUT2D eigenvalue weighted by Gasteiger charge is 2.31. The van der Waals surface area contributed by atoms with Gasteiger partial charge in [0.2, 0.25) is 10.0 Å². The van der Waals surface area contributed by atoms with Crippen molar-refractivity contribution < 1.29 is 22.7 Å². The van der Waals surface area contributed by atoms with Crippen molar-refractivity contribution in [2.24, 2.45) is 0 Å². The van der Waals surface area contributed by atoms with Crippen LogP contribution in [-0.4, -0.2) is 52.0 Å². The van der Waals surface area contributed by atoms with E-state index in [1.54, 1.807) is 17.0 Å². The van der Waals surface area contributed by atoms with Crippen LogP contribution in [-0.2, 0) is 10.0 Å². The van der Waals surface area contributed by atoms with E-state index in [2.05, 4.69) is 0 Å². The summed E-state index contributed by atoms with van der Waals surface area (Å²) in [7, 11) is -2.30. The quantitative estimate of drug-likeness (QED) is 0.766. The molecule has 0 saturated carbocycles. The second kappa shape index (κ2) is 8.04. The van der Waals surface area contributed by atoms with Crippen molar-refractivity contribution in [2.75, 3.05) is 38.3 Å². The molecule has 4 rings (SSSR count). The third kappa shape index (κ3) is 3.70. The van der Waals surface area contributed by atoms with Gasteiger partial charge in [0.15, 0.2) is 0 Å². The van der Waals surface area contributed by atoms with Crippen LogP contribution >= 0.6 is 0 Å². The monoisotopic (exact) mass is 416 g/mol. The SMILES string of the molecule is COc1ccc(C(=O)N2CCOc3ccccc32)cc1S(=O)(=O)N1CCCCC1. The maximum Gasteiger partial charge on any atom is 0.258 e. The zero-order valence-electron chi connectivity index (χ0n) is 16.3. The summed E-state index contributed by atoms with van der Waals surface area (Å²) in [5.74, 6) is 0.620. The van der Waals surface area contributed by atoms with Gasteiger partial charge in [-0.25, -0.2) is 8.42 Å². The van der Waals surface area contributed by atoms with Crippen molar-refractivity contribution in [3.05, 3.63) is 48.0 Å². The number of carbonyl (C=O) groups is 1. The first-order chi connectivity index (χ1) is 14.0. The lowest BCUT2D eigenvalue weighted by atomic mass is 10.1. The predicted octanol–water partition coefficient (Wildman–Crippen LogP) is 2.91. The van der Waals surface area contributed by atoms with Crippen LogP contribution in [0.4, 0.5) is 5.69 Å². The number of fused-ring (bicyclic) bond motifs is 1. The minimum absolute atomic E-state index is 0.0364. The molecule has 0 spiro atoms. The Balaban J connectivity index is 1.71. The molecule has 2 heterocycles. The Hall–Kier alpha value is -2.58. The van der Waals surface area contributed by atoms with Gasteiger partial charge >= 0.3 is 0 Å². The van der Waals surface area contributed by atoms with Crippen LogP contribution < -0.4 is 14.4 Å². The maximum absolute atomic E-state index is 13.2. The van der Waals surface area contributed by atoms with Gasteiger partial charge in [-0.2, -0.15) is 4.31 Å². The molecule has 1 amide bonds. The first kappa shape index (κ1) is 19.7. The highest BCUT2D eigenvalue weighted by Crippen LogP contribution is 2.34. The zero-order chi connectivity index (χ0) is 20.4. The first-order valence-corrected chi connectivity index (χ1v) is 11.2. The number of piperidine rings is 1. The average molecular weight is 416 g/mol. The molecule has 1 saturated heterocycles. The number of para-hydroxylation sites is 2. The summed E-state index contributed by atoms with van der Waals surface area (Å²) < 4.78 is 38.8. The van der Waals surface area contributed by atoms with Crippen LogP contribution in [0.25, 0.3) is 0 Å². The Morgan fingerprint density at radius 3 is 2.55 bits per heavy atom. The third-order valence-corrected chi connectivity index (χ3v) is 7.24. The summed E-state index contributed by atoms with van der Waals surface area (Å²) >= 11 is 0. The molecule has 2 aromatic rings. The average Bonchev–Trinajstić information content (AvgIpc) is 2.78. The zero-order valence-corrected chi connectivity index (χ0v) is 17.2. The molecule has 154 valence electrons. The van der Waals surface area contributed by atoms with Crippen molar-refractivity contribution in [1.82, 2.24) is 4.31 Å². The van der Waals surface area contributed by atoms with Gasteiger partial charge in [-0.05, 0) is 43.2 Å². The van der Waals surface area contributed by atoms with E-state index in [9.17, 15) is 13.2 Å². The molecule has 1 fully saturated rings. The van der Waals surface area contributed by atoms with E-state index < -0.39 is 10.0 Å². The smallest absolute Gasteiger partial charge is 0.258 e. The standard InChI is InChI=1S/C21H24N2O5S/c1-27-19-10-9-16(15-20(19)29(25,26)22-11-5-2-6-12-22)21(24)23-13-14-28-18-8-4-3-7-17(18)23/h3-4,7-10,15H,2,5-6,11-14H2,1H3. The Labute approximate surface area is 170 Å². The molecule has 2 aliphatic heterocycles. The van der Waals surface area contributed by atoms with E-state index in [0.717, 1.165) is 19.3 Å². The molecule has 0 aromatic heterocycles. The minimum Gasteiger partial charge on any atom is -0.495 e. The molecule has 0 N–H and O–H groups in total. The van der Waals surface area contributed by atoms with Crippen molar-refractivity contribution in [3.8, 4) is 11.5 Å². The van der Waals surface area contributed by atoms with E-state index in [1.807, 2.05) is 24.3 Å². The molecule has 0 aliphatic carbocycles. The normalized spacial score (nSPS) is 17.3. The first-order valence-electron chi connectivity index (χ1n) is 9.74. The molecule has 2 aliphatic rings. The molecule has 2 aromatic carbocycles. The summed E-state index contributed by atoms with van der Waals surface area (Å²) in [6.07, 6.45) is 2.70. The van der Waals surface area contributed by atoms with Crippen LogP contribution in [0.3, 0.4) is 0 Å². The molecule has 0 atom stereocenters. The van der Waals surface area contributed by atoms with Crippen LogP contribution in [0.2, 0.25) is 0 Å². The van der Waals surface area contributed by atoms with Crippen molar-refractivity contribution in [1.29, 1.82) is 0 Å². The third-order valence-electron chi connectivity index (χ3n) is 5.32. The van der Waals surface area contributed by atoms with E-state index in [-0.39, 0.29) is 16.6 Å². The van der Waals surface area contributed by atoms with Gasteiger partial charge in [0.1, 0.15) is 23.0 Å². The van der Waals surface area contributed by atoms with Crippen molar-refractivity contribution in [3.63, 3.8) is 0 Å². The van der Waals surface area contributed by atoms with Crippen LogP contribution in [0, 0.1) is 0 Å². The number of rotatable bonds is 4. The maximum atomic E-state index is 13.2. The number of benzene rings is 2. The second-order valence-corrected chi connectivity index (χ2v) is 9.01. The van der Waals surface area contributed by atoms with E-state index in [4.69, 9.17) is 9.47 Å². The number of nitrogens with zero attached hydrogens (tertiary/aromatic N) is 2. The molecule has 7 nitrogen and oxygen atoms in total. The Kier molecular flexibility index (Phi) is 5.47. The highest BCUT2D eigenvalue weighted by atomic mass is 32.2. The van der Waals surface area contributed by atoms with Gasteiger partial charge in [-0.15, -0.1) is 0 Å². The molecule has 0 unspecified atom stereocenters. The van der Waals surface area contributed by atoms with Crippen LogP contribution in [0.5, 0.6) is 11.5 Å².